The molecule has 16 heavy (non-hydrogen) atoms. The number of aryl methyl sites for hydroxylation is 2. The van der Waals surface area contributed by atoms with Gasteiger partial charge in [-0.05, 0) is 47.5 Å². The van der Waals surface area contributed by atoms with E-state index in [4.69, 9.17) is 0 Å². The molecule has 0 fully saturated rings. The average Bonchev–Trinajstić information content (AvgIpc) is 2.70. The first-order chi connectivity index (χ1) is 7.75. The van der Waals surface area contributed by atoms with Crippen molar-refractivity contribution in [2.24, 2.45) is 0 Å². The van der Waals surface area contributed by atoms with Crippen molar-refractivity contribution in [3.8, 4) is 0 Å². The molecule has 0 amide bonds. The predicted octanol–water partition coefficient (Wildman–Crippen LogP) is 3.84. The standard InChI is InChI=1S/C13H9BrOS/c14-10-4-3-8-1-2-9-5-6-16-13(9)12(15)11(8)7-10/h3-7H,1-2H2. The van der Waals surface area contributed by atoms with E-state index in [1.54, 1.807) is 11.3 Å². The van der Waals surface area contributed by atoms with Gasteiger partial charge in [-0.3, -0.25) is 4.79 Å². The SMILES string of the molecule is O=C1c2cc(Br)ccc2CCc2ccsc21. The maximum absolute atomic E-state index is 12.3. The molecular formula is C13H9BrOS. The van der Waals surface area contributed by atoms with E-state index in [2.05, 4.69) is 22.0 Å². The van der Waals surface area contributed by atoms with Gasteiger partial charge in [-0.25, -0.2) is 0 Å². The molecule has 80 valence electrons. The Morgan fingerprint density at radius 2 is 1.94 bits per heavy atom. The van der Waals surface area contributed by atoms with Crippen LogP contribution in [0.3, 0.4) is 0 Å². The molecule has 0 atom stereocenters. The number of ketones is 1. The molecule has 2 aromatic rings. The second-order valence-electron chi connectivity index (χ2n) is 3.91. The van der Waals surface area contributed by atoms with Crippen molar-refractivity contribution >= 4 is 33.0 Å². The Kier molecular flexibility index (Phi) is 2.45. The molecule has 0 aliphatic heterocycles. The van der Waals surface area contributed by atoms with Gasteiger partial charge in [0.25, 0.3) is 0 Å². The fraction of sp³-hybridized carbons (Fsp3) is 0.154. The third kappa shape index (κ3) is 1.55. The lowest BCUT2D eigenvalue weighted by Crippen LogP contribution is -2.01. The van der Waals surface area contributed by atoms with Crippen molar-refractivity contribution in [3.63, 3.8) is 0 Å². The van der Waals surface area contributed by atoms with Crippen molar-refractivity contribution in [2.45, 2.75) is 12.8 Å². The van der Waals surface area contributed by atoms with Crippen molar-refractivity contribution in [2.75, 3.05) is 0 Å². The summed E-state index contributed by atoms with van der Waals surface area (Å²) in [5.74, 6) is 0.179. The number of carbonyl (C=O) groups excluding carboxylic acids is 1. The van der Waals surface area contributed by atoms with Gasteiger partial charge in [0.15, 0.2) is 0 Å². The van der Waals surface area contributed by atoms with E-state index in [-0.39, 0.29) is 5.78 Å². The Hall–Kier alpha value is -0.930. The molecule has 1 aromatic heterocycles. The van der Waals surface area contributed by atoms with Gasteiger partial charge in [-0.2, -0.15) is 0 Å². The maximum Gasteiger partial charge on any atom is 0.203 e. The van der Waals surface area contributed by atoms with Crippen LogP contribution >= 0.6 is 27.3 Å². The van der Waals surface area contributed by atoms with E-state index in [1.165, 1.54) is 5.56 Å². The number of halogens is 1. The Morgan fingerprint density at radius 1 is 1.12 bits per heavy atom. The van der Waals surface area contributed by atoms with Crippen LogP contribution in [0.15, 0.2) is 34.1 Å². The average molecular weight is 293 g/mol. The summed E-state index contributed by atoms with van der Waals surface area (Å²) in [5, 5.41) is 2.01. The minimum absolute atomic E-state index is 0.179. The molecule has 1 aliphatic rings. The number of benzene rings is 1. The molecule has 1 nitrogen and oxygen atoms in total. The monoisotopic (exact) mass is 292 g/mol. The van der Waals surface area contributed by atoms with Crippen LogP contribution in [0.2, 0.25) is 0 Å². The van der Waals surface area contributed by atoms with Crippen LogP contribution in [0, 0.1) is 0 Å². The molecule has 3 rings (SSSR count). The van der Waals surface area contributed by atoms with E-state index in [0.717, 1.165) is 33.3 Å². The molecule has 0 bridgehead atoms. The summed E-state index contributed by atoms with van der Waals surface area (Å²) in [6, 6.07) is 8.06. The van der Waals surface area contributed by atoms with Crippen LogP contribution < -0.4 is 0 Å². The van der Waals surface area contributed by atoms with Gasteiger partial charge in [0.1, 0.15) is 0 Å². The second kappa shape index (κ2) is 3.82. The first-order valence-electron chi connectivity index (χ1n) is 5.15. The van der Waals surface area contributed by atoms with Gasteiger partial charge in [-0.1, -0.05) is 22.0 Å². The summed E-state index contributed by atoms with van der Waals surface area (Å²) < 4.78 is 0.972. The fourth-order valence-corrected chi connectivity index (χ4v) is 3.37. The van der Waals surface area contributed by atoms with Gasteiger partial charge in [-0.15, -0.1) is 11.3 Å². The highest BCUT2D eigenvalue weighted by atomic mass is 79.9. The summed E-state index contributed by atoms with van der Waals surface area (Å²) >= 11 is 4.98. The zero-order valence-electron chi connectivity index (χ0n) is 8.50. The molecule has 0 saturated carbocycles. The number of hydrogen-bond donors (Lipinski definition) is 0. The number of fused-ring (bicyclic) bond motifs is 2. The molecule has 1 aliphatic carbocycles. The predicted molar refractivity (Wildman–Crippen MR) is 69.3 cm³/mol. The van der Waals surface area contributed by atoms with Crippen LogP contribution in [-0.4, -0.2) is 5.78 Å². The van der Waals surface area contributed by atoms with Crippen molar-refractivity contribution < 1.29 is 4.79 Å². The molecule has 1 aromatic carbocycles. The van der Waals surface area contributed by atoms with Crippen LogP contribution in [0.25, 0.3) is 0 Å². The Labute approximate surface area is 106 Å². The van der Waals surface area contributed by atoms with E-state index < -0.39 is 0 Å². The lowest BCUT2D eigenvalue weighted by molar-refractivity contribution is 0.104. The molecular weight excluding hydrogens is 284 g/mol. The van der Waals surface area contributed by atoms with Gasteiger partial charge in [0, 0.05) is 10.0 Å². The van der Waals surface area contributed by atoms with Crippen LogP contribution in [-0.2, 0) is 12.8 Å². The number of thiophene rings is 1. The Balaban J connectivity index is 2.22. The zero-order valence-corrected chi connectivity index (χ0v) is 10.9. The molecule has 0 saturated heterocycles. The molecule has 1 heterocycles. The van der Waals surface area contributed by atoms with E-state index in [9.17, 15) is 4.79 Å². The molecule has 0 radical (unpaired) electrons. The van der Waals surface area contributed by atoms with Gasteiger partial charge in [0.05, 0.1) is 4.88 Å². The summed E-state index contributed by atoms with van der Waals surface area (Å²) in [5.41, 5.74) is 3.22. The second-order valence-corrected chi connectivity index (χ2v) is 5.74. The zero-order chi connectivity index (χ0) is 11.1. The van der Waals surface area contributed by atoms with E-state index >= 15 is 0 Å². The first kappa shape index (κ1) is 10.2. The fourth-order valence-electron chi connectivity index (χ4n) is 2.10. The quantitative estimate of drug-likeness (QED) is 0.721. The Morgan fingerprint density at radius 3 is 2.81 bits per heavy atom. The highest BCUT2D eigenvalue weighted by Gasteiger charge is 2.22. The highest BCUT2D eigenvalue weighted by molar-refractivity contribution is 9.10. The number of hydrogen-bond acceptors (Lipinski definition) is 2. The highest BCUT2D eigenvalue weighted by Crippen LogP contribution is 2.29. The summed E-state index contributed by atoms with van der Waals surface area (Å²) in [6.07, 6.45) is 1.93. The minimum Gasteiger partial charge on any atom is -0.288 e. The van der Waals surface area contributed by atoms with Gasteiger partial charge < -0.3 is 0 Å². The van der Waals surface area contributed by atoms with Crippen molar-refractivity contribution in [1.29, 1.82) is 0 Å². The van der Waals surface area contributed by atoms with Crippen LogP contribution in [0.5, 0.6) is 0 Å². The summed E-state index contributed by atoms with van der Waals surface area (Å²) in [7, 11) is 0. The van der Waals surface area contributed by atoms with Gasteiger partial charge >= 0.3 is 0 Å². The molecule has 0 N–H and O–H groups in total. The number of rotatable bonds is 0. The van der Waals surface area contributed by atoms with Crippen molar-refractivity contribution in [1.82, 2.24) is 0 Å². The van der Waals surface area contributed by atoms with Crippen LogP contribution in [0.4, 0.5) is 0 Å². The summed E-state index contributed by atoms with van der Waals surface area (Å²) in [4.78, 5) is 13.2. The normalized spacial score (nSPS) is 14.2. The third-order valence-electron chi connectivity index (χ3n) is 2.93. The molecule has 3 heteroatoms. The Bertz CT molecular complexity index is 571. The smallest absolute Gasteiger partial charge is 0.203 e. The minimum atomic E-state index is 0.179. The van der Waals surface area contributed by atoms with E-state index in [1.807, 2.05) is 23.6 Å². The van der Waals surface area contributed by atoms with Crippen LogP contribution in [0.1, 0.15) is 26.4 Å². The molecule has 0 spiro atoms. The largest absolute Gasteiger partial charge is 0.288 e. The first-order valence-corrected chi connectivity index (χ1v) is 6.82. The molecule has 0 unspecified atom stereocenters. The number of carbonyl (C=O) groups is 1. The van der Waals surface area contributed by atoms with Crippen molar-refractivity contribution in [3.05, 3.63) is 55.7 Å². The van der Waals surface area contributed by atoms with E-state index in [0.29, 0.717) is 0 Å². The lowest BCUT2D eigenvalue weighted by atomic mass is 10.0. The lowest BCUT2D eigenvalue weighted by Gasteiger charge is -2.04. The third-order valence-corrected chi connectivity index (χ3v) is 4.38. The topological polar surface area (TPSA) is 17.1 Å². The summed E-state index contributed by atoms with van der Waals surface area (Å²) in [6.45, 7) is 0. The maximum atomic E-state index is 12.3. The van der Waals surface area contributed by atoms with Gasteiger partial charge in [0.2, 0.25) is 5.78 Å².